The molecule has 0 saturated carbocycles. The zero-order valence-corrected chi connectivity index (χ0v) is 12.3. The van der Waals surface area contributed by atoms with Crippen LogP contribution in [0, 0.1) is 13.8 Å². The Morgan fingerprint density at radius 2 is 2.14 bits per heavy atom. The topological polar surface area (TPSA) is 84.7 Å². The third-order valence-electron chi connectivity index (χ3n) is 3.72. The summed E-state index contributed by atoms with van der Waals surface area (Å²) in [6, 6.07) is -1.05. The Hall–Kier alpha value is -2.03. The standard InChI is InChI=1S/C13H17F2N3O4/c1-7-9(8(2)18(16-7)13(14)15)5-11(19)17-3-4-22-6-10(17)12(20)21/h10,13H,3-6H2,1-2H3,(H,20,21). The molecular formula is C13H17F2N3O4. The zero-order chi connectivity index (χ0) is 16.4. The highest BCUT2D eigenvalue weighted by Crippen LogP contribution is 2.21. The van der Waals surface area contributed by atoms with Crippen LogP contribution in [0.1, 0.15) is 23.5 Å². The van der Waals surface area contributed by atoms with Crippen LogP contribution in [0.5, 0.6) is 0 Å². The predicted molar refractivity (Wildman–Crippen MR) is 70.6 cm³/mol. The molecule has 2 heterocycles. The quantitative estimate of drug-likeness (QED) is 0.886. The van der Waals surface area contributed by atoms with E-state index in [-0.39, 0.29) is 31.9 Å². The highest BCUT2D eigenvalue weighted by atomic mass is 19.3. The van der Waals surface area contributed by atoms with Gasteiger partial charge >= 0.3 is 12.5 Å². The largest absolute Gasteiger partial charge is 0.480 e. The number of rotatable bonds is 4. The lowest BCUT2D eigenvalue weighted by Gasteiger charge is -2.33. The van der Waals surface area contributed by atoms with Crippen molar-refractivity contribution >= 4 is 11.9 Å². The van der Waals surface area contributed by atoms with E-state index in [4.69, 9.17) is 9.84 Å². The molecule has 0 aliphatic carbocycles. The van der Waals surface area contributed by atoms with Gasteiger partial charge in [0.1, 0.15) is 0 Å². The van der Waals surface area contributed by atoms with Gasteiger partial charge in [0, 0.05) is 17.8 Å². The number of hydrogen-bond acceptors (Lipinski definition) is 4. The maximum absolute atomic E-state index is 12.8. The molecule has 1 saturated heterocycles. The number of carboxylic acid groups (broad SMARTS) is 1. The first-order valence-corrected chi connectivity index (χ1v) is 6.75. The number of amides is 1. The van der Waals surface area contributed by atoms with E-state index in [0.29, 0.717) is 15.9 Å². The lowest BCUT2D eigenvalue weighted by atomic mass is 10.1. The molecule has 0 aromatic carbocycles. The normalized spacial score (nSPS) is 18.8. The molecule has 1 aromatic rings. The van der Waals surface area contributed by atoms with Crippen LogP contribution in [0.4, 0.5) is 8.78 Å². The second kappa shape index (κ2) is 6.39. The number of carbonyl (C=O) groups excluding carboxylic acids is 1. The van der Waals surface area contributed by atoms with E-state index in [1.807, 2.05) is 0 Å². The Bertz CT molecular complexity index is 588. The Labute approximate surface area is 125 Å². The molecule has 22 heavy (non-hydrogen) atoms. The van der Waals surface area contributed by atoms with Gasteiger partial charge in [0.05, 0.1) is 25.3 Å². The number of aliphatic carboxylic acids is 1. The molecule has 1 aliphatic heterocycles. The average molecular weight is 317 g/mol. The second-order valence-corrected chi connectivity index (χ2v) is 5.06. The van der Waals surface area contributed by atoms with Crippen molar-refractivity contribution in [1.29, 1.82) is 0 Å². The number of halogens is 2. The average Bonchev–Trinajstić information content (AvgIpc) is 2.75. The summed E-state index contributed by atoms with van der Waals surface area (Å²) in [5, 5.41) is 12.8. The van der Waals surface area contributed by atoms with Crippen LogP contribution in [0.2, 0.25) is 0 Å². The van der Waals surface area contributed by atoms with E-state index in [1.54, 1.807) is 6.92 Å². The van der Waals surface area contributed by atoms with Crippen LogP contribution >= 0.6 is 0 Å². The summed E-state index contributed by atoms with van der Waals surface area (Å²) in [5.41, 5.74) is 0.952. The number of carboxylic acids is 1. The summed E-state index contributed by atoms with van der Waals surface area (Å²) in [6.07, 6.45) is -0.159. The Morgan fingerprint density at radius 1 is 1.45 bits per heavy atom. The maximum atomic E-state index is 12.8. The van der Waals surface area contributed by atoms with Crippen molar-refractivity contribution in [3.05, 3.63) is 17.0 Å². The molecule has 1 unspecified atom stereocenters. The van der Waals surface area contributed by atoms with Gasteiger partial charge in [-0.2, -0.15) is 13.9 Å². The van der Waals surface area contributed by atoms with Crippen LogP contribution in [-0.2, 0) is 20.7 Å². The molecule has 1 N–H and O–H groups in total. The fourth-order valence-corrected chi connectivity index (χ4v) is 2.50. The van der Waals surface area contributed by atoms with Crippen LogP contribution in [-0.4, -0.2) is 57.5 Å². The Kier molecular flexibility index (Phi) is 4.74. The van der Waals surface area contributed by atoms with Crippen LogP contribution in [0.15, 0.2) is 0 Å². The molecule has 9 heteroatoms. The van der Waals surface area contributed by atoms with E-state index in [0.717, 1.165) is 0 Å². The summed E-state index contributed by atoms with van der Waals surface area (Å²) in [4.78, 5) is 24.7. The van der Waals surface area contributed by atoms with Gasteiger partial charge in [0.15, 0.2) is 6.04 Å². The van der Waals surface area contributed by atoms with Crippen molar-refractivity contribution in [2.45, 2.75) is 32.9 Å². The number of alkyl halides is 2. The minimum absolute atomic E-state index is 0.0741. The van der Waals surface area contributed by atoms with Crippen molar-refractivity contribution in [1.82, 2.24) is 14.7 Å². The lowest BCUT2D eigenvalue weighted by Crippen LogP contribution is -2.53. The Balaban J connectivity index is 2.19. The van der Waals surface area contributed by atoms with E-state index < -0.39 is 24.5 Å². The third-order valence-corrected chi connectivity index (χ3v) is 3.72. The second-order valence-electron chi connectivity index (χ2n) is 5.06. The van der Waals surface area contributed by atoms with E-state index in [1.165, 1.54) is 11.8 Å². The van der Waals surface area contributed by atoms with Gasteiger partial charge in [-0.3, -0.25) is 4.79 Å². The van der Waals surface area contributed by atoms with Crippen molar-refractivity contribution < 1.29 is 28.2 Å². The summed E-state index contributed by atoms with van der Waals surface area (Å²) in [6.45, 7) is 0.569. The number of ether oxygens (including phenoxy) is 1. The number of aryl methyl sites for hydroxylation is 1. The highest BCUT2D eigenvalue weighted by Gasteiger charge is 2.33. The molecule has 1 atom stereocenters. The minimum atomic E-state index is -2.78. The summed E-state index contributed by atoms with van der Waals surface area (Å²) in [5.74, 6) is -1.58. The smallest absolute Gasteiger partial charge is 0.333 e. The molecule has 1 amide bonds. The minimum Gasteiger partial charge on any atom is -0.480 e. The van der Waals surface area contributed by atoms with Gasteiger partial charge in [0.25, 0.3) is 0 Å². The number of aromatic nitrogens is 2. The molecule has 1 aromatic heterocycles. The number of hydrogen-bond donors (Lipinski definition) is 1. The fraction of sp³-hybridized carbons (Fsp3) is 0.615. The summed E-state index contributed by atoms with van der Waals surface area (Å²) < 4.78 is 31.2. The van der Waals surface area contributed by atoms with Gasteiger partial charge in [-0.15, -0.1) is 0 Å². The number of nitrogens with zero attached hydrogens (tertiary/aromatic N) is 3. The third kappa shape index (κ3) is 3.08. The van der Waals surface area contributed by atoms with Crippen molar-refractivity contribution in [2.24, 2.45) is 0 Å². The molecule has 1 aliphatic rings. The first-order chi connectivity index (χ1) is 10.3. The molecule has 2 rings (SSSR count). The van der Waals surface area contributed by atoms with Gasteiger partial charge in [-0.05, 0) is 13.8 Å². The van der Waals surface area contributed by atoms with E-state index in [9.17, 15) is 18.4 Å². The van der Waals surface area contributed by atoms with Gasteiger partial charge in [-0.1, -0.05) is 0 Å². The first-order valence-electron chi connectivity index (χ1n) is 6.75. The van der Waals surface area contributed by atoms with E-state index in [2.05, 4.69) is 5.10 Å². The van der Waals surface area contributed by atoms with E-state index >= 15 is 0 Å². The van der Waals surface area contributed by atoms with Crippen molar-refractivity contribution in [3.8, 4) is 0 Å². The molecule has 1 fully saturated rings. The van der Waals surface area contributed by atoms with Crippen molar-refractivity contribution in [3.63, 3.8) is 0 Å². The monoisotopic (exact) mass is 317 g/mol. The lowest BCUT2D eigenvalue weighted by molar-refractivity contribution is -0.158. The zero-order valence-electron chi connectivity index (χ0n) is 12.3. The Morgan fingerprint density at radius 3 is 2.68 bits per heavy atom. The molecule has 0 radical (unpaired) electrons. The molecule has 7 nitrogen and oxygen atoms in total. The summed E-state index contributed by atoms with van der Waals surface area (Å²) >= 11 is 0. The van der Waals surface area contributed by atoms with Crippen LogP contribution < -0.4 is 0 Å². The number of morpholine rings is 1. The van der Waals surface area contributed by atoms with Gasteiger partial charge in [-0.25, -0.2) is 9.48 Å². The van der Waals surface area contributed by atoms with Crippen molar-refractivity contribution in [2.75, 3.05) is 19.8 Å². The highest BCUT2D eigenvalue weighted by molar-refractivity contribution is 5.85. The molecule has 0 bridgehead atoms. The predicted octanol–water partition coefficient (Wildman–Crippen LogP) is 0.750. The van der Waals surface area contributed by atoms with Crippen LogP contribution in [0.25, 0.3) is 0 Å². The SMILES string of the molecule is Cc1nn(C(F)F)c(C)c1CC(=O)N1CCOCC1C(=O)O. The molecule has 122 valence electrons. The fourth-order valence-electron chi connectivity index (χ4n) is 2.50. The van der Waals surface area contributed by atoms with Crippen LogP contribution in [0.3, 0.4) is 0 Å². The maximum Gasteiger partial charge on any atom is 0.333 e. The summed E-state index contributed by atoms with van der Waals surface area (Å²) in [7, 11) is 0. The number of carbonyl (C=O) groups is 2. The van der Waals surface area contributed by atoms with Gasteiger partial charge in [0.2, 0.25) is 5.91 Å². The first kappa shape index (κ1) is 16.3. The van der Waals surface area contributed by atoms with Gasteiger partial charge < -0.3 is 14.7 Å². The molecular weight excluding hydrogens is 300 g/mol. The molecule has 0 spiro atoms.